The van der Waals surface area contributed by atoms with Crippen molar-refractivity contribution in [3.63, 3.8) is 0 Å². The normalized spacial score (nSPS) is 10.7. The minimum atomic E-state index is 0.841. The first-order chi connectivity index (χ1) is 6.83. The average Bonchev–Trinajstić information content (AvgIpc) is 2.58. The lowest BCUT2D eigenvalue weighted by atomic mass is 10.1. The van der Waals surface area contributed by atoms with E-state index < -0.39 is 0 Å². The van der Waals surface area contributed by atoms with Gasteiger partial charge in [0.25, 0.3) is 0 Å². The first-order valence-electron chi connectivity index (χ1n) is 5.54. The number of hydrogen-bond acceptors (Lipinski definition) is 1. The number of nitrogens with two attached hydrogens (primary N) is 1. The molecule has 0 aliphatic rings. The fraction of sp³-hybridized carbons (Fsp3) is 0.727. The maximum atomic E-state index is 5.43. The van der Waals surface area contributed by atoms with Gasteiger partial charge in [0.15, 0.2) is 0 Å². The van der Waals surface area contributed by atoms with Crippen molar-refractivity contribution < 1.29 is 4.57 Å². The van der Waals surface area contributed by atoms with E-state index >= 15 is 0 Å². The summed E-state index contributed by atoms with van der Waals surface area (Å²) in [5, 5.41) is 0. The van der Waals surface area contributed by atoms with Crippen molar-refractivity contribution in [2.45, 2.75) is 38.6 Å². The fourth-order valence-electron chi connectivity index (χ4n) is 1.60. The first kappa shape index (κ1) is 11.2. The summed E-state index contributed by atoms with van der Waals surface area (Å²) in [6.07, 6.45) is 12.7. The molecular formula is C11H22N3+. The summed E-state index contributed by atoms with van der Waals surface area (Å²) >= 11 is 0. The van der Waals surface area contributed by atoms with E-state index in [1.165, 1.54) is 32.1 Å². The Morgan fingerprint density at radius 1 is 1.14 bits per heavy atom. The van der Waals surface area contributed by atoms with Crippen LogP contribution in [0.3, 0.4) is 0 Å². The molecule has 0 spiro atoms. The van der Waals surface area contributed by atoms with Crippen molar-refractivity contribution >= 4 is 0 Å². The minimum Gasteiger partial charge on any atom is -0.330 e. The molecule has 0 aromatic carbocycles. The van der Waals surface area contributed by atoms with Crippen LogP contribution in [0.25, 0.3) is 0 Å². The Kier molecular flexibility index (Phi) is 5.30. The van der Waals surface area contributed by atoms with Crippen LogP contribution in [0.1, 0.15) is 32.1 Å². The van der Waals surface area contributed by atoms with Gasteiger partial charge in [-0.05, 0) is 25.8 Å². The van der Waals surface area contributed by atoms with Crippen LogP contribution in [0.2, 0.25) is 0 Å². The molecule has 1 rings (SSSR count). The second kappa shape index (κ2) is 6.60. The van der Waals surface area contributed by atoms with Crippen molar-refractivity contribution in [1.29, 1.82) is 0 Å². The molecule has 2 N–H and O–H groups in total. The third kappa shape index (κ3) is 4.42. The molecule has 14 heavy (non-hydrogen) atoms. The van der Waals surface area contributed by atoms with Gasteiger partial charge in [0.1, 0.15) is 12.4 Å². The molecule has 1 aromatic rings. The molecule has 0 amide bonds. The van der Waals surface area contributed by atoms with Crippen LogP contribution in [0.5, 0.6) is 0 Å². The molecule has 0 aliphatic heterocycles. The van der Waals surface area contributed by atoms with Crippen LogP contribution >= 0.6 is 0 Å². The highest BCUT2D eigenvalue weighted by Gasteiger charge is 1.98. The third-order valence-electron chi connectivity index (χ3n) is 2.44. The van der Waals surface area contributed by atoms with Crippen LogP contribution in [-0.4, -0.2) is 11.1 Å². The van der Waals surface area contributed by atoms with Gasteiger partial charge in [-0.25, -0.2) is 9.13 Å². The third-order valence-corrected chi connectivity index (χ3v) is 2.44. The van der Waals surface area contributed by atoms with Gasteiger partial charge in [0, 0.05) is 0 Å². The van der Waals surface area contributed by atoms with E-state index in [1.807, 2.05) is 0 Å². The maximum absolute atomic E-state index is 5.43. The zero-order valence-electron chi connectivity index (χ0n) is 9.15. The smallest absolute Gasteiger partial charge is 0.243 e. The summed E-state index contributed by atoms with van der Waals surface area (Å²) in [6, 6.07) is 0. The quantitative estimate of drug-likeness (QED) is 0.516. The van der Waals surface area contributed by atoms with Crippen molar-refractivity contribution in [3.05, 3.63) is 18.7 Å². The summed E-state index contributed by atoms with van der Waals surface area (Å²) in [5.74, 6) is 0. The minimum absolute atomic E-state index is 0.841. The highest BCUT2D eigenvalue weighted by molar-refractivity contribution is 4.65. The van der Waals surface area contributed by atoms with Crippen LogP contribution in [-0.2, 0) is 13.6 Å². The van der Waals surface area contributed by atoms with E-state index in [4.69, 9.17) is 5.73 Å². The van der Waals surface area contributed by atoms with E-state index in [2.05, 4.69) is 34.9 Å². The first-order valence-corrected chi connectivity index (χ1v) is 5.54. The van der Waals surface area contributed by atoms with E-state index in [0.717, 1.165) is 13.1 Å². The molecule has 0 unspecified atom stereocenters. The van der Waals surface area contributed by atoms with Crippen LogP contribution in [0, 0.1) is 0 Å². The number of hydrogen-bond donors (Lipinski definition) is 1. The van der Waals surface area contributed by atoms with Crippen LogP contribution in [0.15, 0.2) is 18.7 Å². The Hall–Kier alpha value is -0.830. The Bertz CT molecular complexity index is 242. The molecule has 80 valence electrons. The number of nitrogens with zero attached hydrogens (tertiary/aromatic N) is 2. The molecule has 0 aliphatic carbocycles. The lowest BCUT2D eigenvalue weighted by Crippen LogP contribution is -2.23. The monoisotopic (exact) mass is 196 g/mol. The molecule has 0 radical (unpaired) electrons. The highest BCUT2D eigenvalue weighted by Crippen LogP contribution is 2.03. The van der Waals surface area contributed by atoms with E-state index in [-0.39, 0.29) is 0 Å². The molecular weight excluding hydrogens is 174 g/mol. The topological polar surface area (TPSA) is 34.8 Å². The van der Waals surface area contributed by atoms with E-state index in [9.17, 15) is 0 Å². The molecule has 3 nitrogen and oxygen atoms in total. The zero-order chi connectivity index (χ0) is 10.2. The van der Waals surface area contributed by atoms with Crippen molar-refractivity contribution in [2.75, 3.05) is 6.54 Å². The number of rotatable bonds is 7. The molecule has 0 bridgehead atoms. The molecule has 3 heteroatoms. The maximum Gasteiger partial charge on any atom is 0.243 e. The van der Waals surface area contributed by atoms with Gasteiger partial charge in [-0.3, -0.25) is 0 Å². The highest BCUT2D eigenvalue weighted by atomic mass is 15.1. The summed E-state index contributed by atoms with van der Waals surface area (Å²) < 4.78 is 4.32. The predicted octanol–water partition coefficient (Wildman–Crippen LogP) is 1.22. The van der Waals surface area contributed by atoms with Crippen LogP contribution in [0.4, 0.5) is 0 Å². The van der Waals surface area contributed by atoms with E-state index in [1.54, 1.807) is 0 Å². The number of aromatic nitrogens is 2. The number of unbranched alkanes of at least 4 members (excludes halogenated alkanes) is 4. The number of aryl methyl sites for hydroxylation is 2. The largest absolute Gasteiger partial charge is 0.330 e. The SMILES string of the molecule is C[n+]1ccn(CCCCCCCN)c1. The number of imidazole rings is 1. The van der Waals surface area contributed by atoms with Gasteiger partial charge in [0.2, 0.25) is 6.33 Å². The average molecular weight is 196 g/mol. The molecule has 0 fully saturated rings. The Balaban J connectivity index is 1.99. The van der Waals surface area contributed by atoms with Gasteiger partial charge in [-0.1, -0.05) is 12.8 Å². The lowest BCUT2D eigenvalue weighted by Gasteiger charge is -1.98. The second-order valence-electron chi connectivity index (χ2n) is 3.87. The molecule has 0 saturated heterocycles. The zero-order valence-corrected chi connectivity index (χ0v) is 9.15. The summed E-state index contributed by atoms with van der Waals surface area (Å²) in [5.41, 5.74) is 5.43. The summed E-state index contributed by atoms with van der Waals surface area (Å²) in [4.78, 5) is 0. The molecule has 1 aromatic heterocycles. The van der Waals surface area contributed by atoms with Gasteiger partial charge in [-0.15, -0.1) is 0 Å². The fourth-order valence-corrected chi connectivity index (χ4v) is 1.60. The van der Waals surface area contributed by atoms with Gasteiger partial charge >= 0.3 is 0 Å². The van der Waals surface area contributed by atoms with Gasteiger partial charge < -0.3 is 5.73 Å². The lowest BCUT2D eigenvalue weighted by molar-refractivity contribution is -0.671. The Morgan fingerprint density at radius 2 is 1.86 bits per heavy atom. The molecule has 0 saturated carbocycles. The van der Waals surface area contributed by atoms with Gasteiger partial charge in [0.05, 0.1) is 13.6 Å². The second-order valence-corrected chi connectivity index (χ2v) is 3.87. The standard InChI is InChI=1S/C11H22N3/c1-13-9-10-14(11-13)8-6-4-2-3-5-7-12/h9-11H,2-8,12H2,1H3/q+1. The molecule has 1 heterocycles. The van der Waals surface area contributed by atoms with Crippen molar-refractivity contribution in [1.82, 2.24) is 4.57 Å². The summed E-state index contributed by atoms with van der Waals surface area (Å²) in [6.45, 7) is 1.98. The predicted molar refractivity (Wildman–Crippen MR) is 57.7 cm³/mol. The summed E-state index contributed by atoms with van der Waals surface area (Å²) in [7, 11) is 2.05. The van der Waals surface area contributed by atoms with Gasteiger partial charge in [-0.2, -0.15) is 0 Å². The van der Waals surface area contributed by atoms with Crippen molar-refractivity contribution in [2.24, 2.45) is 12.8 Å². The van der Waals surface area contributed by atoms with Crippen LogP contribution < -0.4 is 10.3 Å². The molecule has 0 atom stereocenters. The Morgan fingerprint density at radius 3 is 2.50 bits per heavy atom. The van der Waals surface area contributed by atoms with E-state index in [0.29, 0.717) is 0 Å². The Labute approximate surface area is 86.5 Å². The van der Waals surface area contributed by atoms with Crippen molar-refractivity contribution in [3.8, 4) is 0 Å².